The van der Waals surface area contributed by atoms with Gasteiger partial charge in [0, 0.05) is 17.5 Å². The summed E-state index contributed by atoms with van der Waals surface area (Å²) in [7, 11) is 0. The lowest BCUT2D eigenvalue weighted by atomic mass is 10.1. The van der Waals surface area contributed by atoms with Crippen LogP contribution in [-0.2, 0) is 4.79 Å². The molecule has 3 aromatic rings. The number of halogens is 2. The Labute approximate surface area is 141 Å². The molecule has 4 nitrogen and oxygen atoms in total. The van der Waals surface area contributed by atoms with Gasteiger partial charge in [0.15, 0.2) is 5.76 Å². The van der Waals surface area contributed by atoms with Gasteiger partial charge >= 0.3 is 5.97 Å². The minimum atomic E-state index is -0.626. The predicted molar refractivity (Wildman–Crippen MR) is 89.2 cm³/mol. The number of fused-ring (bicyclic) bond motifs is 1. The fraction of sp³-hybridized carbons (Fsp3) is 0.0588. The molecule has 0 bridgehead atoms. The molecule has 0 fully saturated rings. The number of hydrogen-bond acceptors (Lipinski definition) is 4. The van der Waals surface area contributed by atoms with Gasteiger partial charge in [0.2, 0.25) is 11.2 Å². The van der Waals surface area contributed by atoms with Gasteiger partial charge in [0.05, 0.1) is 10.4 Å². The Morgan fingerprint density at radius 1 is 1.13 bits per heavy atom. The van der Waals surface area contributed by atoms with E-state index in [9.17, 15) is 9.59 Å². The van der Waals surface area contributed by atoms with Crippen molar-refractivity contribution in [3.63, 3.8) is 0 Å². The lowest BCUT2D eigenvalue weighted by Crippen LogP contribution is -2.13. The molecule has 3 rings (SSSR count). The first-order chi connectivity index (χ1) is 11.0. The smallest absolute Gasteiger partial charge is 0.308 e. The molecule has 0 saturated heterocycles. The molecule has 0 amide bonds. The van der Waals surface area contributed by atoms with Crippen molar-refractivity contribution in [2.45, 2.75) is 6.92 Å². The van der Waals surface area contributed by atoms with Crippen molar-refractivity contribution in [2.24, 2.45) is 0 Å². The monoisotopic (exact) mass is 348 g/mol. The van der Waals surface area contributed by atoms with Crippen molar-refractivity contribution in [1.29, 1.82) is 0 Å². The molecule has 23 heavy (non-hydrogen) atoms. The van der Waals surface area contributed by atoms with Crippen molar-refractivity contribution in [2.75, 3.05) is 0 Å². The molecule has 0 saturated carbocycles. The second-order valence-electron chi connectivity index (χ2n) is 4.80. The van der Waals surface area contributed by atoms with Gasteiger partial charge < -0.3 is 9.15 Å². The van der Waals surface area contributed by atoms with Gasteiger partial charge in [-0.2, -0.15) is 0 Å². The van der Waals surface area contributed by atoms with Crippen molar-refractivity contribution in [1.82, 2.24) is 0 Å². The average Bonchev–Trinajstić information content (AvgIpc) is 2.50. The Morgan fingerprint density at radius 3 is 2.57 bits per heavy atom. The van der Waals surface area contributed by atoms with Crippen molar-refractivity contribution in [3.8, 4) is 17.1 Å². The summed E-state index contributed by atoms with van der Waals surface area (Å²) in [6.45, 7) is 1.21. The fourth-order valence-corrected chi connectivity index (χ4v) is 2.71. The van der Waals surface area contributed by atoms with Crippen LogP contribution in [0.4, 0.5) is 0 Å². The van der Waals surface area contributed by atoms with E-state index in [1.807, 2.05) is 0 Å². The van der Waals surface area contributed by atoms with E-state index in [2.05, 4.69) is 0 Å². The fourth-order valence-electron chi connectivity index (χ4n) is 2.21. The van der Waals surface area contributed by atoms with Crippen LogP contribution in [0.5, 0.6) is 5.75 Å². The normalized spacial score (nSPS) is 10.7. The van der Waals surface area contributed by atoms with Crippen LogP contribution < -0.4 is 10.2 Å². The topological polar surface area (TPSA) is 56.5 Å². The lowest BCUT2D eigenvalue weighted by molar-refractivity contribution is -0.131. The average molecular weight is 349 g/mol. The summed E-state index contributed by atoms with van der Waals surface area (Å²) in [4.78, 5) is 24.0. The third-order valence-corrected chi connectivity index (χ3v) is 3.73. The number of carbonyl (C=O) groups is 1. The molecule has 0 aliphatic rings. The van der Waals surface area contributed by atoms with E-state index in [0.29, 0.717) is 21.6 Å². The van der Waals surface area contributed by atoms with E-state index in [0.717, 1.165) is 0 Å². The second-order valence-corrected chi connectivity index (χ2v) is 5.65. The summed E-state index contributed by atoms with van der Waals surface area (Å²) in [6.07, 6.45) is 0. The number of hydrogen-bond donors (Lipinski definition) is 0. The highest BCUT2D eigenvalue weighted by atomic mass is 35.5. The van der Waals surface area contributed by atoms with E-state index in [4.69, 9.17) is 32.4 Å². The zero-order valence-corrected chi connectivity index (χ0v) is 13.4. The summed E-state index contributed by atoms with van der Waals surface area (Å²) in [5.41, 5.74) is 0.340. The van der Waals surface area contributed by atoms with Crippen LogP contribution in [0.2, 0.25) is 10.0 Å². The summed E-state index contributed by atoms with van der Waals surface area (Å²) in [5, 5.41) is 1.04. The molecule has 0 unspecified atom stereocenters. The highest BCUT2D eigenvalue weighted by Gasteiger charge is 2.21. The van der Waals surface area contributed by atoms with Crippen LogP contribution in [-0.4, -0.2) is 5.97 Å². The summed E-state index contributed by atoms with van der Waals surface area (Å²) in [5.74, 6) is -0.732. The Kier molecular flexibility index (Phi) is 4.11. The van der Waals surface area contributed by atoms with E-state index in [1.165, 1.54) is 13.0 Å². The van der Waals surface area contributed by atoms with Crippen LogP contribution in [0, 0.1) is 0 Å². The summed E-state index contributed by atoms with van der Waals surface area (Å²) in [6, 6.07) is 11.4. The maximum atomic E-state index is 12.6. The Hall–Kier alpha value is -2.30. The number of esters is 1. The minimum absolute atomic E-state index is 0.0885. The van der Waals surface area contributed by atoms with Crippen LogP contribution in [0.25, 0.3) is 22.3 Å². The number of para-hydroxylation sites is 1. The Balaban J connectivity index is 2.38. The van der Waals surface area contributed by atoms with E-state index in [-0.39, 0.29) is 16.5 Å². The third kappa shape index (κ3) is 2.96. The molecule has 116 valence electrons. The molecule has 6 heteroatoms. The van der Waals surface area contributed by atoms with E-state index in [1.54, 1.807) is 36.4 Å². The molecule has 1 aromatic heterocycles. The quantitative estimate of drug-likeness (QED) is 0.630. The SMILES string of the molecule is CC(=O)Oc1c(-c2ccc(Cl)cc2Cl)oc2ccccc2c1=O. The molecule has 1 heterocycles. The number of rotatable bonds is 2. The Morgan fingerprint density at radius 2 is 1.87 bits per heavy atom. The molecular weight excluding hydrogens is 339 g/mol. The lowest BCUT2D eigenvalue weighted by Gasteiger charge is -2.10. The first-order valence-electron chi connectivity index (χ1n) is 6.67. The third-order valence-electron chi connectivity index (χ3n) is 3.18. The molecule has 0 spiro atoms. The molecule has 0 aliphatic carbocycles. The molecule has 0 N–H and O–H groups in total. The van der Waals surface area contributed by atoms with Gasteiger partial charge in [-0.1, -0.05) is 35.3 Å². The van der Waals surface area contributed by atoms with Crippen LogP contribution >= 0.6 is 23.2 Å². The molecule has 0 atom stereocenters. The zero-order chi connectivity index (χ0) is 16.6. The molecular formula is C17H10Cl2O4. The predicted octanol–water partition coefficient (Wildman–Crippen LogP) is 4.69. The summed E-state index contributed by atoms with van der Waals surface area (Å²) < 4.78 is 10.9. The second kappa shape index (κ2) is 6.07. The number of benzene rings is 2. The Bertz CT molecular complexity index is 976. The summed E-state index contributed by atoms with van der Waals surface area (Å²) >= 11 is 12.1. The van der Waals surface area contributed by atoms with Gasteiger partial charge in [-0.3, -0.25) is 9.59 Å². The maximum Gasteiger partial charge on any atom is 0.308 e. The maximum absolute atomic E-state index is 12.6. The first-order valence-corrected chi connectivity index (χ1v) is 7.42. The van der Waals surface area contributed by atoms with Crippen LogP contribution in [0.15, 0.2) is 51.7 Å². The first kappa shape index (κ1) is 15.6. The van der Waals surface area contributed by atoms with Gasteiger partial charge in [-0.15, -0.1) is 0 Å². The van der Waals surface area contributed by atoms with Gasteiger partial charge in [0.25, 0.3) is 0 Å². The standard InChI is InChI=1S/C17H10Cl2O4/c1-9(20)22-17-15(21)12-4-2-3-5-14(12)23-16(17)11-7-6-10(18)8-13(11)19/h2-8H,1H3. The van der Waals surface area contributed by atoms with Crippen LogP contribution in [0.3, 0.4) is 0 Å². The van der Waals surface area contributed by atoms with E-state index >= 15 is 0 Å². The zero-order valence-electron chi connectivity index (χ0n) is 11.9. The van der Waals surface area contributed by atoms with Crippen molar-refractivity contribution in [3.05, 3.63) is 62.7 Å². The van der Waals surface area contributed by atoms with Gasteiger partial charge in [-0.05, 0) is 30.3 Å². The van der Waals surface area contributed by atoms with Crippen molar-refractivity contribution < 1.29 is 13.9 Å². The van der Waals surface area contributed by atoms with Gasteiger partial charge in [-0.25, -0.2) is 0 Å². The molecule has 0 aliphatic heterocycles. The van der Waals surface area contributed by atoms with Crippen molar-refractivity contribution >= 4 is 40.1 Å². The van der Waals surface area contributed by atoms with Gasteiger partial charge in [0.1, 0.15) is 5.58 Å². The highest BCUT2D eigenvalue weighted by Crippen LogP contribution is 2.36. The molecule has 0 radical (unpaired) electrons. The number of ether oxygens (including phenoxy) is 1. The van der Waals surface area contributed by atoms with E-state index < -0.39 is 11.4 Å². The van der Waals surface area contributed by atoms with Crippen LogP contribution in [0.1, 0.15) is 6.92 Å². The largest absolute Gasteiger partial charge is 0.452 e. The number of carbonyl (C=O) groups excluding carboxylic acids is 1. The minimum Gasteiger partial charge on any atom is -0.452 e. The molecule has 2 aromatic carbocycles. The highest BCUT2D eigenvalue weighted by molar-refractivity contribution is 6.36.